The molecule has 0 spiro atoms. The van der Waals surface area contributed by atoms with Crippen molar-refractivity contribution in [1.82, 2.24) is 9.78 Å². The molecule has 0 bridgehead atoms. The maximum Gasteiger partial charge on any atom is 0.356 e. The van der Waals surface area contributed by atoms with Crippen molar-refractivity contribution in [2.24, 2.45) is 5.92 Å². The maximum atomic E-state index is 12.3. The van der Waals surface area contributed by atoms with Gasteiger partial charge >= 0.3 is 11.9 Å². The molecule has 0 aliphatic heterocycles. The normalized spacial score (nSPS) is 24.8. The van der Waals surface area contributed by atoms with E-state index < -0.39 is 23.6 Å². The third-order valence-electron chi connectivity index (χ3n) is 4.08. The van der Waals surface area contributed by atoms with Gasteiger partial charge in [-0.2, -0.15) is 5.10 Å². The smallest absolute Gasteiger partial charge is 0.356 e. The summed E-state index contributed by atoms with van der Waals surface area (Å²) in [6, 6.07) is 0. The Morgan fingerprint density at radius 3 is 2.70 bits per heavy atom. The minimum Gasteiger partial charge on any atom is -0.461 e. The molecular formula is C16H22N2O5. The summed E-state index contributed by atoms with van der Waals surface area (Å²) in [7, 11) is 0. The van der Waals surface area contributed by atoms with Crippen molar-refractivity contribution in [3.05, 3.63) is 17.0 Å². The van der Waals surface area contributed by atoms with E-state index >= 15 is 0 Å². The lowest BCUT2D eigenvalue weighted by molar-refractivity contribution is -0.155. The summed E-state index contributed by atoms with van der Waals surface area (Å²) >= 11 is 0. The quantitative estimate of drug-likeness (QED) is 0.846. The number of aliphatic hydroxyl groups is 1. The van der Waals surface area contributed by atoms with Gasteiger partial charge in [-0.05, 0) is 46.0 Å². The molecular weight excluding hydrogens is 300 g/mol. The van der Waals surface area contributed by atoms with Crippen molar-refractivity contribution in [2.45, 2.75) is 58.3 Å². The van der Waals surface area contributed by atoms with Crippen molar-refractivity contribution >= 4 is 11.9 Å². The van der Waals surface area contributed by atoms with Crippen LogP contribution in [0.3, 0.4) is 0 Å². The van der Waals surface area contributed by atoms with Gasteiger partial charge in [-0.1, -0.05) is 0 Å². The third kappa shape index (κ3) is 2.85. The van der Waals surface area contributed by atoms with Gasteiger partial charge < -0.3 is 14.6 Å². The average molecular weight is 322 g/mol. The van der Waals surface area contributed by atoms with Crippen LogP contribution in [-0.2, 0) is 20.8 Å². The number of nitrogens with zero attached hydrogens (tertiary/aromatic N) is 2. The van der Waals surface area contributed by atoms with Crippen LogP contribution in [0.15, 0.2) is 0 Å². The topological polar surface area (TPSA) is 90.7 Å². The van der Waals surface area contributed by atoms with E-state index in [-0.39, 0.29) is 30.7 Å². The molecule has 23 heavy (non-hydrogen) atoms. The summed E-state index contributed by atoms with van der Waals surface area (Å²) in [5.74, 6) is -0.695. The van der Waals surface area contributed by atoms with Crippen molar-refractivity contribution in [2.75, 3.05) is 6.61 Å². The van der Waals surface area contributed by atoms with Gasteiger partial charge in [0, 0.05) is 5.56 Å². The van der Waals surface area contributed by atoms with E-state index in [1.165, 1.54) is 4.68 Å². The van der Waals surface area contributed by atoms with Gasteiger partial charge in [-0.3, -0.25) is 4.79 Å². The van der Waals surface area contributed by atoms with Gasteiger partial charge in [-0.25, -0.2) is 9.48 Å². The molecule has 0 radical (unpaired) electrons. The molecule has 1 N–H and O–H groups in total. The Balaban J connectivity index is 1.91. The fourth-order valence-corrected chi connectivity index (χ4v) is 3.20. The monoisotopic (exact) mass is 322 g/mol. The summed E-state index contributed by atoms with van der Waals surface area (Å²) in [6.45, 7) is 7.11. The van der Waals surface area contributed by atoms with Gasteiger partial charge in [0.15, 0.2) is 5.69 Å². The van der Waals surface area contributed by atoms with E-state index in [0.29, 0.717) is 5.69 Å². The van der Waals surface area contributed by atoms with Crippen LogP contribution in [0.25, 0.3) is 0 Å². The fraction of sp³-hybridized carbons (Fsp3) is 0.688. The number of fused-ring (bicyclic) bond motifs is 3. The van der Waals surface area contributed by atoms with Gasteiger partial charge in [0.1, 0.15) is 18.2 Å². The number of carbonyl (C=O) groups is 2. The van der Waals surface area contributed by atoms with Crippen molar-refractivity contribution < 1.29 is 24.2 Å². The van der Waals surface area contributed by atoms with Crippen LogP contribution in [0, 0.1) is 5.92 Å². The maximum absolute atomic E-state index is 12.3. The number of aliphatic hydroxyl groups excluding tert-OH is 1. The Morgan fingerprint density at radius 2 is 2.09 bits per heavy atom. The minimum absolute atomic E-state index is 0.145. The predicted octanol–water partition coefficient (Wildman–Crippen LogP) is 1.55. The molecule has 126 valence electrons. The number of carbonyl (C=O) groups excluding carboxylic acids is 2. The lowest BCUT2D eigenvalue weighted by Gasteiger charge is -2.19. The van der Waals surface area contributed by atoms with Crippen molar-refractivity contribution in [1.29, 1.82) is 0 Å². The van der Waals surface area contributed by atoms with Crippen LogP contribution in [0.1, 0.15) is 67.9 Å². The highest BCUT2D eigenvalue weighted by molar-refractivity contribution is 5.91. The van der Waals surface area contributed by atoms with Crippen LogP contribution in [0.2, 0.25) is 0 Å². The van der Waals surface area contributed by atoms with E-state index in [9.17, 15) is 14.7 Å². The highest BCUT2D eigenvalue weighted by Crippen LogP contribution is 2.62. The van der Waals surface area contributed by atoms with Gasteiger partial charge in [0.05, 0.1) is 12.3 Å². The molecule has 1 aromatic rings. The van der Waals surface area contributed by atoms with Crippen molar-refractivity contribution in [3.8, 4) is 0 Å². The molecule has 3 atom stereocenters. The molecule has 1 fully saturated rings. The molecule has 2 aliphatic carbocycles. The summed E-state index contributed by atoms with van der Waals surface area (Å²) in [4.78, 5) is 24.4. The number of ether oxygens (including phenoxy) is 2. The zero-order chi connectivity index (χ0) is 16.9. The van der Waals surface area contributed by atoms with E-state index in [0.717, 1.165) is 12.0 Å². The molecule has 1 saturated carbocycles. The zero-order valence-corrected chi connectivity index (χ0v) is 13.8. The third-order valence-corrected chi connectivity index (χ3v) is 4.08. The SMILES string of the molecule is CCOC(=O)c1c2c(nn1CC(=O)OC(C)(C)C)C(O)C1C[C@H]21. The van der Waals surface area contributed by atoms with Crippen LogP contribution in [0.5, 0.6) is 0 Å². The van der Waals surface area contributed by atoms with Gasteiger partial charge in [0.2, 0.25) is 0 Å². The Bertz CT molecular complexity index is 658. The molecule has 0 amide bonds. The highest BCUT2D eigenvalue weighted by atomic mass is 16.6. The van der Waals surface area contributed by atoms with Crippen molar-refractivity contribution in [3.63, 3.8) is 0 Å². The first-order valence-electron chi connectivity index (χ1n) is 7.90. The van der Waals surface area contributed by atoms with E-state index in [1.807, 2.05) is 0 Å². The molecule has 1 heterocycles. The predicted molar refractivity (Wildman–Crippen MR) is 79.8 cm³/mol. The molecule has 7 nitrogen and oxygen atoms in total. The first-order chi connectivity index (χ1) is 10.7. The summed E-state index contributed by atoms with van der Waals surface area (Å²) in [5.41, 5.74) is 0.900. The van der Waals surface area contributed by atoms with Crippen LogP contribution in [0.4, 0.5) is 0 Å². The van der Waals surface area contributed by atoms with E-state index in [4.69, 9.17) is 9.47 Å². The Hall–Kier alpha value is -1.89. The standard InChI is InChI=1S/C16H22N2O5/c1-5-22-15(21)13-11-8-6-9(8)14(20)12(11)17-18(13)7-10(19)23-16(2,3)4/h8-9,14,20H,5-7H2,1-4H3/t8-,9?,14?/m0/s1. The summed E-state index contributed by atoms with van der Waals surface area (Å²) < 4.78 is 11.7. The Labute approximate surface area is 134 Å². The lowest BCUT2D eigenvalue weighted by atomic mass is 10.1. The second-order valence-corrected chi connectivity index (χ2v) is 7.06. The van der Waals surface area contributed by atoms with E-state index in [2.05, 4.69) is 5.10 Å². The summed E-state index contributed by atoms with van der Waals surface area (Å²) in [6.07, 6.45) is 0.182. The number of hydrogen-bond acceptors (Lipinski definition) is 6. The number of rotatable bonds is 4. The first-order valence-corrected chi connectivity index (χ1v) is 7.90. The molecule has 2 unspecified atom stereocenters. The first kappa shape index (κ1) is 16.0. The molecule has 7 heteroatoms. The van der Waals surface area contributed by atoms with Crippen LogP contribution in [-0.4, -0.2) is 39.0 Å². The fourth-order valence-electron chi connectivity index (χ4n) is 3.20. The second kappa shape index (κ2) is 5.33. The van der Waals surface area contributed by atoms with Crippen LogP contribution < -0.4 is 0 Å². The molecule has 1 aromatic heterocycles. The molecule has 0 saturated heterocycles. The second-order valence-electron chi connectivity index (χ2n) is 7.06. The molecule has 3 rings (SSSR count). The van der Waals surface area contributed by atoms with Gasteiger partial charge in [0.25, 0.3) is 0 Å². The lowest BCUT2D eigenvalue weighted by Crippen LogP contribution is -2.28. The minimum atomic E-state index is -0.664. The number of esters is 2. The average Bonchev–Trinajstić information content (AvgIpc) is 3.04. The zero-order valence-electron chi connectivity index (χ0n) is 13.8. The van der Waals surface area contributed by atoms with E-state index in [1.54, 1.807) is 27.7 Å². The summed E-state index contributed by atoms with van der Waals surface area (Å²) in [5, 5.41) is 14.5. The largest absolute Gasteiger partial charge is 0.461 e. The highest BCUT2D eigenvalue weighted by Gasteiger charge is 2.56. The Kier molecular flexibility index (Phi) is 3.71. The molecule has 2 aliphatic rings. The number of hydrogen-bond donors (Lipinski definition) is 1. The van der Waals surface area contributed by atoms with Gasteiger partial charge in [-0.15, -0.1) is 0 Å². The number of aromatic nitrogens is 2. The van der Waals surface area contributed by atoms with Crippen LogP contribution >= 0.6 is 0 Å². The Morgan fingerprint density at radius 1 is 1.39 bits per heavy atom. The molecule has 0 aromatic carbocycles.